The molecule has 3 heterocycles. The monoisotopic (exact) mass is 453 g/mol. The van der Waals surface area contributed by atoms with Gasteiger partial charge in [0.25, 0.3) is 0 Å². The zero-order valence-corrected chi connectivity index (χ0v) is 19.1. The number of ether oxygens (including phenoxy) is 1. The molecule has 1 N–H and O–H groups in total. The molecule has 0 unspecified atom stereocenters. The Morgan fingerprint density at radius 1 is 1.32 bits per heavy atom. The van der Waals surface area contributed by atoms with Crippen LogP contribution in [0.25, 0.3) is 15.9 Å². The van der Waals surface area contributed by atoms with Crippen molar-refractivity contribution in [3.63, 3.8) is 0 Å². The Labute approximate surface area is 188 Å². The molecule has 1 aliphatic rings. The van der Waals surface area contributed by atoms with E-state index in [1.54, 1.807) is 17.7 Å². The molecule has 31 heavy (non-hydrogen) atoms. The van der Waals surface area contributed by atoms with Gasteiger partial charge in [-0.25, -0.2) is 4.98 Å². The summed E-state index contributed by atoms with van der Waals surface area (Å²) in [6.45, 7) is 4.86. The average molecular weight is 454 g/mol. The van der Waals surface area contributed by atoms with Crippen molar-refractivity contribution in [3.05, 3.63) is 41.0 Å². The first-order chi connectivity index (χ1) is 15.1. The Hall–Kier alpha value is -2.65. The highest BCUT2D eigenvalue weighted by atomic mass is 32.2. The lowest BCUT2D eigenvalue weighted by Gasteiger charge is -2.17. The molecule has 1 atom stereocenters. The predicted octanol–water partition coefficient (Wildman–Crippen LogP) is 4.59. The smallest absolute Gasteiger partial charge is 0.234 e. The number of aryl methyl sites for hydroxylation is 1. The Balaban J connectivity index is 1.31. The Kier molecular flexibility index (Phi) is 5.54. The summed E-state index contributed by atoms with van der Waals surface area (Å²) >= 11 is 3.14. The first-order valence-electron chi connectivity index (χ1n) is 10.4. The van der Waals surface area contributed by atoms with Crippen molar-refractivity contribution < 1.29 is 9.53 Å². The van der Waals surface area contributed by atoms with Gasteiger partial charge in [-0.1, -0.05) is 18.7 Å². The molecule has 160 valence electrons. The van der Waals surface area contributed by atoms with E-state index in [2.05, 4.69) is 27.4 Å². The van der Waals surface area contributed by atoms with E-state index in [-0.39, 0.29) is 11.7 Å². The van der Waals surface area contributed by atoms with Crippen molar-refractivity contribution in [1.82, 2.24) is 19.6 Å². The van der Waals surface area contributed by atoms with Crippen LogP contribution in [0.2, 0.25) is 0 Å². The zero-order valence-electron chi connectivity index (χ0n) is 17.4. The van der Waals surface area contributed by atoms with E-state index < -0.39 is 0 Å². The number of carbonyl (C=O) groups is 1. The van der Waals surface area contributed by atoms with Crippen molar-refractivity contribution >= 4 is 50.6 Å². The predicted molar refractivity (Wildman–Crippen MR) is 124 cm³/mol. The van der Waals surface area contributed by atoms with Gasteiger partial charge < -0.3 is 10.1 Å². The highest BCUT2D eigenvalue weighted by molar-refractivity contribution is 7.99. The molecule has 9 heteroatoms. The van der Waals surface area contributed by atoms with Gasteiger partial charge in [0, 0.05) is 10.6 Å². The van der Waals surface area contributed by atoms with Crippen LogP contribution in [-0.4, -0.2) is 37.8 Å². The fourth-order valence-corrected chi connectivity index (χ4v) is 6.00. The minimum Gasteiger partial charge on any atom is -0.494 e. The van der Waals surface area contributed by atoms with Gasteiger partial charge in [-0.05, 0) is 61.9 Å². The van der Waals surface area contributed by atoms with E-state index in [4.69, 9.17) is 4.74 Å². The molecule has 4 aromatic rings. The molecule has 0 radical (unpaired) electrons. The third-order valence-corrected chi connectivity index (χ3v) is 7.56. The molecule has 5 rings (SSSR count). The number of thioether (sulfide) groups is 1. The van der Waals surface area contributed by atoms with Crippen LogP contribution >= 0.6 is 23.1 Å². The van der Waals surface area contributed by atoms with Crippen LogP contribution in [0.1, 0.15) is 30.7 Å². The molecule has 0 bridgehead atoms. The number of anilines is 1. The van der Waals surface area contributed by atoms with E-state index in [9.17, 15) is 4.79 Å². The van der Waals surface area contributed by atoms with Gasteiger partial charge >= 0.3 is 0 Å². The maximum absolute atomic E-state index is 12.4. The molecule has 0 fully saturated rings. The lowest BCUT2D eigenvalue weighted by molar-refractivity contribution is -0.113. The number of amides is 1. The molecule has 3 aromatic heterocycles. The van der Waals surface area contributed by atoms with E-state index in [0.29, 0.717) is 11.8 Å². The molecule has 7 nitrogen and oxygen atoms in total. The molecular weight excluding hydrogens is 430 g/mol. The number of rotatable bonds is 6. The number of nitrogens with zero attached hydrogens (tertiary/aromatic N) is 4. The number of fused-ring (bicyclic) bond motifs is 5. The Morgan fingerprint density at radius 2 is 2.16 bits per heavy atom. The van der Waals surface area contributed by atoms with Crippen LogP contribution in [0.4, 0.5) is 5.69 Å². The summed E-state index contributed by atoms with van der Waals surface area (Å²) < 4.78 is 7.33. The van der Waals surface area contributed by atoms with Crippen LogP contribution in [0, 0.1) is 5.92 Å². The minimum atomic E-state index is -0.0955. The van der Waals surface area contributed by atoms with Crippen molar-refractivity contribution in [1.29, 1.82) is 0 Å². The summed E-state index contributed by atoms with van der Waals surface area (Å²) in [5.41, 5.74) is 2.96. The number of thiophene rings is 1. The fraction of sp³-hybridized carbons (Fsp3) is 0.364. The number of hydrogen-bond acceptors (Lipinski definition) is 7. The van der Waals surface area contributed by atoms with E-state index >= 15 is 0 Å². The quantitative estimate of drug-likeness (QED) is 0.430. The first kappa shape index (κ1) is 20.3. The standard InChI is InChI=1S/C22H23N5O2S2/c1-3-29-15-7-5-14(6-8-15)24-18(28)11-30-22-26-25-20-19-16-9-4-13(2)10-17(16)31-21(19)23-12-27(20)22/h5-8,12-13H,3-4,9-11H2,1-2H3,(H,24,28)/t13-/m1/s1. The molecular formula is C22H23N5O2S2. The zero-order chi connectivity index (χ0) is 21.4. The molecule has 1 aromatic carbocycles. The lowest BCUT2D eigenvalue weighted by atomic mass is 9.89. The maximum Gasteiger partial charge on any atom is 0.234 e. The summed E-state index contributed by atoms with van der Waals surface area (Å²) in [4.78, 5) is 19.5. The molecule has 0 saturated carbocycles. The average Bonchev–Trinajstić information content (AvgIpc) is 3.34. The largest absolute Gasteiger partial charge is 0.494 e. The van der Waals surface area contributed by atoms with E-state index in [1.165, 1.54) is 28.6 Å². The SMILES string of the molecule is CCOc1ccc(NC(=O)CSc2nnc3c4c5c(sc4ncn23)C[C@H](C)CC5)cc1. The number of aromatic nitrogens is 4. The second kappa shape index (κ2) is 8.47. The summed E-state index contributed by atoms with van der Waals surface area (Å²) in [7, 11) is 0. The second-order valence-corrected chi connectivity index (χ2v) is 9.77. The third-order valence-electron chi connectivity index (χ3n) is 5.45. The fourth-order valence-electron chi connectivity index (χ4n) is 3.95. The Morgan fingerprint density at radius 3 is 2.97 bits per heavy atom. The topological polar surface area (TPSA) is 81.4 Å². The number of nitrogens with one attached hydrogen (secondary N) is 1. The van der Waals surface area contributed by atoms with Gasteiger partial charge in [-0.2, -0.15) is 0 Å². The maximum atomic E-state index is 12.4. The summed E-state index contributed by atoms with van der Waals surface area (Å²) in [5, 5.41) is 13.5. The highest BCUT2D eigenvalue weighted by Gasteiger charge is 2.24. The molecule has 1 aliphatic carbocycles. The molecule has 0 aliphatic heterocycles. The van der Waals surface area contributed by atoms with E-state index in [1.807, 2.05) is 35.6 Å². The second-order valence-electron chi connectivity index (χ2n) is 7.75. The van der Waals surface area contributed by atoms with Crippen LogP contribution in [0.5, 0.6) is 5.75 Å². The van der Waals surface area contributed by atoms with Crippen LogP contribution < -0.4 is 10.1 Å². The summed E-state index contributed by atoms with van der Waals surface area (Å²) in [6, 6.07) is 7.36. The van der Waals surface area contributed by atoms with Crippen LogP contribution in [-0.2, 0) is 17.6 Å². The molecule has 1 amide bonds. The Bertz CT molecular complexity index is 1250. The molecule has 0 saturated heterocycles. The summed E-state index contributed by atoms with van der Waals surface area (Å²) in [6.07, 6.45) is 5.15. The van der Waals surface area contributed by atoms with Crippen LogP contribution in [0.3, 0.4) is 0 Å². The molecule has 0 spiro atoms. The minimum absolute atomic E-state index is 0.0955. The van der Waals surface area contributed by atoms with Gasteiger partial charge in [0.15, 0.2) is 10.8 Å². The first-order valence-corrected chi connectivity index (χ1v) is 12.2. The van der Waals surface area contributed by atoms with Gasteiger partial charge in [-0.3, -0.25) is 9.20 Å². The third kappa shape index (κ3) is 3.99. The number of benzene rings is 1. The van der Waals surface area contributed by atoms with Gasteiger partial charge in [0.05, 0.1) is 17.7 Å². The van der Waals surface area contributed by atoms with E-state index in [0.717, 1.165) is 46.1 Å². The number of hydrogen-bond donors (Lipinski definition) is 1. The van der Waals surface area contributed by atoms with Gasteiger partial charge in [0.1, 0.15) is 16.9 Å². The van der Waals surface area contributed by atoms with Crippen LogP contribution in [0.15, 0.2) is 35.7 Å². The number of carbonyl (C=O) groups excluding carboxylic acids is 1. The normalized spacial score (nSPS) is 15.9. The van der Waals surface area contributed by atoms with Crippen molar-refractivity contribution in [2.75, 3.05) is 17.7 Å². The highest BCUT2D eigenvalue weighted by Crippen LogP contribution is 2.39. The van der Waals surface area contributed by atoms with Crippen molar-refractivity contribution in [3.8, 4) is 5.75 Å². The van der Waals surface area contributed by atoms with Crippen molar-refractivity contribution in [2.45, 2.75) is 38.3 Å². The summed E-state index contributed by atoms with van der Waals surface area (Å²) in [5.74, 6) is 1.65. The van der Waals surface area contributed by atoms with Gasteiger partial charge in [0.2, 0.25) is 5.91 Å². The lowest BCUT2D eigenvalue weighted by Crippen LogP contribution is -2.14. The van der Waals surface area contributed by atoms with Gasteiger partial charge in [-0.15, -0.1) is 21.5 Å². The van der Waals surface area contributed by atoms with Crippen molar-refractivity contribution in [2.24, 2.45) is 5.92 Å².